The van der Waals surface area contributed by atoms with Gasteiger partial charge in [-0.1, -0.05) is 24.4 Å². The summed E-state index contributed by atoms with van der Waals surface area (Å²) in [6.45, 7) is 1.51. The molecule has 2 N–H and O–H groups in total. The molecule has 106 valence electrons. The summed E-state index contributed by atoms with van der Waals surface area (Å²) in [7, 11) is -6.69. The van der Waals surface area contributed by atoms with E-state index in [9.17, 15) is 16.8 Å². The molecule has 6 nitrogen and oxygen atoms in total. The van der Waals surface area contributed by atoms with E-state index >= 15 is 0 Å². The first-order chi connectivity index (χ1) is 8.22. The molecule has 0 bridgehead atoms. The zero-order valence-corrected chi connectivity index (χ0v) is 13.1. The molecule has 0 radical (unpaired) electrons. The van der Waals surface area contributed by atoms with Crippen molar-refractivity contribution >= 4 is 55.0 Å². The number of hydrogen-bond donors (Lipinski definition) is 2. The molecule has 0 spiro atoms. The van der Waals surface area contributed by atoms with Gasteiger partial charge in [0.05, 0.1) is 22.0 Å². The molecule has 0 aromatic carbocycles. The van der Waals surface area contributed by atoms with Crippen molar-refractivity contribution in [1.29, 1.82) is 0 Å². The van der Waals surface area contributed by atoms with Gasteiger partial charge >= 0.3 is 0 Å². The topological polar surface area (TPSA) is 92.3 Å². The maximum absolute atomic E-state index is 11.2. The third kappa shape index (κ3) is 8.72. The van der Waals surface area contributed by atoms with E-state index in [2.05, 4.69) is 21.7 Å². The lowest BCUT2D eigenvalue weighted by atomic mass is 10.2. The minimum atomic E-state index is -3.36. The molecule has 0 saturated carbocycles. The first kappa shape index (κ1) is 17.7. The third-order valence-corrected chi connectivity index (χ3v) is 5.27. The Kier molecular flexibility index (Phi) is 7.83. The van der Waals surface area contributed by atoms with Gasteiger partial charge in [-0.25, -0.2) is 16.8 Å². The van der Waals surface area contributed by atoms with Gasteiger partial charge in [-0.15, -0.1) is 0 Å². The molecule has 0 aromatic heterocycles. The Morgan fingerprint density at radius 3 is 2.28 bits per heavy atom. The van der Waals surface area contributed by atoms with Gasteiger partial charge in [0.25, 0.3) is 0 Å². The Morgan fingerprint density at radius 2 is 1.78 bits per heavy atom. The summed E-state index contributed by atoms with van der Waals surface area (Å²) in [4.78, 5) is 0.206. The van der Waals surface area contributed by atoms with Crippen molar-refractivity contribution in [3.05, 3.63) is 0 Å². The molecular formula is C8H16N2O4S4. The lowest BCUT2D eigenvalue weighted by Gasteiger charge is -2.07. The van der Waals surface area contributed by atoms with Gasteiger partial charge < -0.3 is 0 Å². The van der Waals surface area contributed by atoms with Crippen LogP contribution in [0.5, 0.6) is 0 Å². The van der Waals surface area contributed by atoms with Crippen molar-refractivity contribution < 1.29 is 16.8 Å². The lowest BCUT2D eigenvalue weighted by Crippen LogP contribution is -2.30. The highest BCUT2D eigenvalue weighted by Gasteiger charge is 2.10. The fourth-order valence-corrected chi connectivity index (χ4v) is 3.41. The van der Waals surface area contributed by atoms with Crippen LogP contribution < -0.4 is 9.44 Å². The molecular weight excluding hydrogens is 316 g/mol. The molecule has 0 aliphatic heterocycles. The van der Waals surface area contributed by atoms with E-state index in [0.717, 1.165) is 5.49 Å². The maximum atomic E-state index is 11.2. The fourth-order valence-electron chi connectivity index (χ4n) is 1.01. The fraction of sp³-hybridized carbons (Fsp3) is 0.750. The molecule has 0 aliphatic rings. The highest BCUT2D eigenvalue weighted by atomic mass is 32.2. The van der Waals surface area contributed by atoms with Gasteiger partial charge in [0, 0.05) is 0 Å². The van der Waals surface area contributed by atoms with Gasteiger partial charge in [0.2, 0.25) is 20.0 Å². The predicted octanol–water partition coefficient (Wildman–Crippen LogP) is 0.300. The molecule has 0 atom stereocenters. The van der Waals surface area contributed by atoms with Gasteiger partial charge in [0.15, 0.2) is 0 Å². The predicted molar refractivity (Wildman–Crippen MR) is 79.6 cm³/mol. The van der Waals surface area contributed by atoms with Crippen LogP contribution in [0.1, 0.15) is 26.2 Å². The zero-order valence-electron chi connectivity index (χ0n) is 9.88. The second-order valence-corrected chi connectivity index (χ2v) is 8.05. The second kappa shape index (κ2) is 7.97. The standard InChI is InChI=1S/C8H16N2O4S4/c1-2-17(11,12)10-8(16)5-3-4-6-18(13,14)9-7-15/h7H,2-6H2,1H3,(H,9,15)(H,10,16). The number of unbranched alkanes of at least 4 members (excludes halogenated alkanes) is 1. The average molecular weight is 332 g/mol. The minimum absolute atomic E-state index is 0.0416. The number of thiocarbonyl (C=S) groups is 2. The SMILES string of the molecule is CCS(=O)(=O)NC(=S)CCCCS(=O)(=O)NC=S. The van der Waals surface area contributed by atoms with E-state index < -0.39 is 20.0 Å². The Morgan fingerprint density at radius 1 is 1.17 bits per heavy atom. The number of nitrogens with one attached hydrogen (secondary N) is 2. The van der Waals surface area contributed by atoms with E-state index in [1.54, 1.807) is 0 Å². The van der Waals surface area contributed by atoms with Crippen LogP contribution >= 0.6 is 24.4 Å². The maximum Gasteiger partial charge on any atom is 0.232 e. The van der Waals surface area contributed by atoms with Gasteiger partial charge in [-0.3, -0.25) is 9.44 Å². The molecule has 18 heavy (non-hydrogen) atoms. The summed E-state index contributed by atoms with van der Waals surface area (Å²) in [5.41, 5.74) is 0.940. The lowest BCUT2D eigenvalue weighted by molar-refractivity contribution is 0.587. The van der Waals surface area contributed by atoms with E-state index in [4.69, 9.17) is 12.2 Å². The van der Waals surface area contributed by atoms with Crippen LogP contribution in [-0.4, -0.2) is 38.8 Å². The Hall–Kier alpha value is -0.320. The molecule has 0 saturated heterocycles. The van der Waals surface area contributed by atoms with Crippen LogP contribution in [0.3, 0.4) is 0 Å². The van der Waals surface area contributed by atoms with Crippen LogP contribution in [0, 0.1) is 0 Å². The second-order valence-electron chi connectivity index (χ2n) is 3.44. The molecule has 0 rings (SSSR count). The van der Waals surface area contributed by atoms with Crippen LogP contribution in [0.25, 0.3) is 0 Å². The molecule has 0 unspecified atom stereocenters. The van der Waals surface area contributed by atoms with Gasteiger partial charge in [-0.2, -0.15) is 0 Å². The third-order valence-electron chi connectivity index (χ3n) is 1.94. The van der Waals surface area contributed by atoms with Gasteiger partial charge in [-0.05, 0) is 26.2 Å². The van der Waals surface area contributed by atoms with E-state index in [0.29, 0.717) is 19.3 Å². The van der Waals surface area contributed by atoms with E-state index in [1.807, 2.05) is 0 Å². The summed E-state index contributed by atoms with van der Waals surface area (Å²) < 4.78 is 49.0. The molecule has 0 aromatic rings. The summed E-state index contributed by atoms with van der Waals surface area (Å²) in [5.74, 6) is -0.108. The van der Waals surface area contributed by atoms with E-state index in [-0.39, 0.29) is 16.5 Å². The molecule has 0 heterocycles. The summed E-state index contributed by atoms with van der Waals surface area (Å²) in [6.07, 6.45) is 1.21. The Bertz CT molecular complexity index is 483. The van der Waals surface area contributed by atoms with Crippen molar-refractivity contribution in [3.63, 3.8) is 0 Å². The largest absolute Gasteiger partial charge is 0.280 e. The van der Waals surface area contributed by atoms with Gasteiger partial charge in [0.1, 0.15) is 0 Å². The van der Waals surface area contributed by atoms with Crippen LogP contribution in [0.15, 0.2) is 0 Å². The molecule has 0 aliphatic carbocycles. The molecule has 0 fully saturated rings. The van der Waals surface area contributed by atoms with Crippen molar-refractivity contribution in [3.8, 4) is 0 Å². The zero-order chi connectivity index (χ0) is 14.2. The van der Waals surface area contributed by atoms with Crippen molar-refractivity contribution in [1.82, 2.24) is 9.44 Å². The van der Waals surface area contributed by atoms with Crippen LogP contribution in [0.4, 0.5) is 0 Å². The average Bonchev–Trinajstić information content (AvgIpc) is 2.24. The normalized spacial score (nSPS) is 11.8. The first-order valence-electron chi connectivity index (χ1n) is 5.19. The summed E-state index contributed by atoms with van der Waals surface area (Å²) in [5, 5.41) is 0. The number of rotatable bonds is 9. The van der Waals surface area contributed by atoms with Crippen LogP contribution in [-0.2, 0) is 20.0 Å². The molecule has 10 heteroatoms. The highest BCUT2D eigenvalue weighted by Crippen LogP contribution is 2.00. The monoisotopic (exact) mass is 332 g/mol. The summed E-state index contributed by atoms with van der Waals surface area (Å²) >= 11 is 9.23. The quantitative estimate of drug-likeness (QED) is 0.466. The summed E-state index contributed by atoms with van der Waals surface area (Å²) in [6, 6.07) is 0. The number of hydrogen-bond acceptors (Lipinski definition) is 6. The van der Waals surface area contributed by atoms with E-state index in [1.165, 1.54) is 6.92 Å². The van der Waals surface area contributed by atoms with Crippen molar-refractivity contribution in [2.75, 3.05) is 11.5 Å². The van der Waals surface area contributed by atoms with Crippen molar-refractivity contribution in [2.45, 2.75) is 26.2 Å². The Balaban J connectivity index is 3.94. The first-order valence-corrected chi connectivity index (χ1v) is 9.38. The highest BCUT2D eigenvalue weighted by molar-refractivity contribution is 7.92. The van der Waals surface area contributed by atoms with Crippen LogP contribution in [0.2, 0.25) is 0 Å². The Labute approximate surface area is 119 Å². The number of sulfonamides is 2. The molecule has 0 amide bonds. The smallest absolute Gasteiger partial charge is 0.232 e. The minimum Gasteiger partial charge on any atom is -0.280 e. The van der Waals surface area contributed by atoms with Crippen molar-refractivity contribution in [2.24, 2.45) is 0 Å².